The lowest BCUT2D eigenvalue weighted by atomic mass is 10.0. The van der Waals surface area contributed by atoms with Gasteiger partial charge in [-0.15, -0.1) is 0 Å². The Kier molecular flexibility index (Phi) is 14.3. The molecule has 2 aromatic rings. The van der Waals surface area contributed by atoms with E-state index in [1.807, 2.05) is 54.6 Å². The van der Waals surface area contributed by atoms with Gasteiger partial charge >= 0.3 is 0 Å². The van der Waals surface area contributed by atoms with E-state index in [1.54, 1.807) is 4.90 Å². The van der Waals surface area contributed by atoms with Crippen molar-refractivity contribution in [3.05, 3.63) is 65.2 Å². The molecule has 8 heteroatoms. The topological polar surface area (TPSA) is 86.3 Å². The summed E-state index contributed by atoms with van der Waals surface area (Å²) in [6.07, 6.45) is 6.58. The van der Waals surface area contributed by atoms with E-state index < -0.39 is 0 Å². The van der Waals surface area contributed by atoms with E-state index in [-0.39, 0.29) is 26.1 Å². The Balaban J connectivity index is 0.00000560. The third-order valence-corrected chi connectivity index (χ3v) is 6.25. The van der Waals surface area contributed by atoms with Crippen LogP contribution in [0.25, 0.3) is 12.2 Å². The van der Waals surface area contributed by atoms with Gasteiger partial charge in [0.1, 0.15) is 0 Å². The molecule has 1 aliphatic rings. The first-order valence-electron chi connectivity index (χ1n) is 13.9. The summed E-state index contributed by atoms with van der Waals surface area (Å²) in [6.45, 7) is 7.29. The van der Waals surface area contributed by atoms with E-state index in [4.69, 9.17) is 18.9 Å². The maximum Gasteiger partial charge on any atom is 0.227 e. The van der Waals surface area contributed by atoms with Crippen molar-refractivity contribution in [2.24, 2.45) is 0 Å². The number of unbranched alkanes of at least 4 members (excludes halogenated alkanes) is 1. The number of fused-ring (bicyclic) bond motifs is 2. The van der Waals surface area contributed by atoms with Gasteiger partial charge in [-0.3, -0.25) is 9.59 Å². The number of benzene rings is 2. The average molecular weight is 541 g/mol. The Bertz CT molecular complexity index is 1050. The van der Waals surface area contributed by atoms with Crippen LogP contribution < -0.4 is 10.2 Å². The molecule has 0 radical (unpaired) electrons. The van der Waals surface area contributed by atoms with Crippen LogP contribution in [0.15, 0.2) is 48.5 Å². The summed E-state index contributed by atoms with van der Waals surface area (Å²) >= 11 is 0. The monoisotopic (exact) mass is 540 g/mol. The molecule has 39 heavy (non-hydrogen) atoms. The molecule has 0 atom stereocenters. The van der Waals surface area contributed by atoms with E-state index in [2.05, 4.69) is 18.3 Å². The molecule has 0 saturated carbocycles. The van der Waals surface area contributed by atoms with Crippen molar-refractivity contribution < 1.29 is 30.0 Å². The molecule has 0 saturated heterocycles. The van der Waals surface area contributed by atoms with Crippen LogP contribution in [0, 0.1) is 0 Å². The number of carbonyl (C=O) groups excluding carboxylic acids is 2. The summed E-state index contributed by atoms with van der Waals surface area (Å²) in [5, 5.41) is 2.82. The zero-order chi connectivity index (χ0) is 27.5. The lowest BCUT2D eigenvalue weighted by Gasteiger charge is -2.27. The van der Waals surface area contributed by atoms with Gasteiger partial charge in [0, 0.05) is 27.4 Å². The molecule has 0 spiro atoms. The van der Waals surface area contributed by atoms with E-state index >= 15 is 0 Å². The van der Waals surface area contributed by atoms with Crippen molar-refractivity contribution >= 4 is 29.7 Å². The second-order valence-electron chi connectivity index (χ2n) is 9.22. The maximum absolute atomic E-state index is 13.2. The zero-order valence-electron chi connectivity index (χ0n) is 23.1. The molecule has 0 fully saturated rings. The molecule has 214 valence electrons. The number of amides is 2. The van der Waals surface area contributed by atoms with E-state index in [0.717, 1.165) is 41.8 Å². The van der Waals surface area contributed by atoms with Crippen molar-refractivity contribution in [1.82, 2.24) is 5.32 Å². The summed E-state index contributed by atoms with van der Waals surface area (Å²) < 4.78 is 21.8. The maximum atomic E-state index is 13.2. The number of hydrogen-bond acceptors (Lipinski definition) is 6. The fourth-order valence-electron chi connectivity index (χ4n) is 4.09. The van der Waals surface area contributed by atoms with Gasteiger partial charge < -0.3 is 29.2 Å². The summed E-state index contributed by atoms with van der Waals surface area (Å²) in [5.74, 6) is -0.247. The van der Waals surface area contributed by atoms with E-state index in [0.29, 0.717) is 59.3 Å². The summed E-state index contributed by atoms with van der Waals surface area (Å²) in [5.41, 5.74) is 3.99. The largest absolute Gasteiger partial charge is 0.379 e. The van der Waals surface area contributed by atoms with Crippen molar-refractivity contribution in [3.63, 3.8) is 0 Å². The first-order chi connectivity index (χ1) is 19.2. The number of para-hydroxylation sites is 1. The van der Waals surface area contributed by atoms with Crippen molar-refractivity contribution in [2.45, 2.75) is 39.2 Å². The summed E-state index contributed by atoms with van der Waals surface area (Å²) in [7, 11) is 0. The van der Waals surface area contributed by atoms with Crippen LogP contribution in [0.1, 0.15) is 50.7 Å². The highest BCUT2D eigenvalue weighted by Crippen LogP contribution is 2.29. The SMILES string of the molecule is CCCCOCCOCCOCCOCCNC(=O)CCC(=O)N1Cc2ccccc2/C=C\c2ccccc21.[HH]. The minimum Gasteiger partial charge on any atom is -0.379 e. The van der Waals surface area contributed by atoms with Gasteiger partial charge in [-0.25, -0.2) is 0 Å². The molecule has 0 bridgehead atoms. The minimum absolute atomic E-state index is 0. The molecular weight excluding hydrogens is 496 g/mol. The number of carbonyl (C=O) groups is 2. The Morgan fingerprint density at radius 3 is 2.08 bits per heavy atom. The Labute approximate surface area is 233 Å². The van der Waals surface area contributed by atoms with Crippen LogP contribution in [0.2, 0.25) is 0 Å². The quantitative estimate of drug-likeness (QED) is 0.276. The standard InChI is InChI=1S/C31H42N2O6.H2/c1-2-3-17-36-19-21-38-23-24-39-22-20-37-18-16-32-30(34)14-15-31(35)33-25-28-10-5-4-8-26(28)12-13-27-9-6-7-11-29(27)33;/h4-13H,2-3,14-25H2,1H3,(H,32,34);1H/b13-12-;. The lowest BCUT2D eigenvalue weighted by molar-refractivity contribution is -0.125. The van der Waals surface area contributed by atoms with Crippen LogP contribution in [-0.4, -0.2) is 71.2 Å². The molecule has 8 nitrogen and oxygen atoms in total. The second-order valence-corrected chi connectivity index (χ2v) is 9.22. The van der Waals surface area contributed by atoms with Gasteiger partial charge in [0.2, 0.25) is 11.8 Å². The fraction of sp³-hybridized carbons (Fsp3) is 0.484. The van der Waals surface area contributed by atoms with Crippen molar-refractivity contribution in [1.29, 1.82) is 0 Å². The van der Waals surface area contributed by atoms with Crippen LogP contribution in [0.3, 0.4) is 0 Å². The smallest absolute Gasteiger partial charge is 0.227 e. The van der Waals surface area contributed by atoms with Crippen molar-refractivity contribution in [3.8, 4) is 0 Å². The molecule has 2 aromatic carbocycles. The predicted molar refractivity (Wildman–Crippen MR) is 156 cm³/mol. The molecule has 0 aromatic heterocycles. The van der Waals surface area contributed by atoms with Crippen LogP contribution in [-0.2, 0) is 35.1 Å². The zero-order valence-corrected chi connectivity index (χ0v) is 23.1. The van der Waals surface area contributed by atoms with E-state index in [9.17, 15) is 9.59 Å². The first kappa shape index (κ1) is 30.5. The third kappa shape index (κ3) is 11.3. The van der Waals surface area contributed by atoms with Gasteiger partial charge in [-0.2, -0.15) is 0 Å². The minimum atomic E-state index is -0.167. The third-order valence-electron chi connectivity index (χ3n) is 6.25. The van der Waals surface area contributed by atoms with E-state index in [1.165, 1.54) is 0 Å². The summed E-state index contributed by atoms with van der Waals surface area (Å²) in [4.78, 5) is 27.3. The Hall–Kier alpha value is -3.04. The van der Waals surface area contributed by atoms with Crippen LogP contribution >= 0.6 is 0 Å². The number of hydrogen-bond donors (Lipinski definition) is 1. The lowest BCUT2D eigenvalue weighted by Crippen LogP contribution is -2.33. The molecule has 2 amide bonds. The Morgan fingerprint density at radius 1 is 0.769 bits per heavy atom. The molecular formula is C31H44N2O6. The van der Waals surface area contributed by atoms with Crippen molar-refractivity contribution in [2.75, 3.05) is 64.3 Å². The van der Waals surface area contributed by atoms with Gasteiger partial charge in [-0.05, 0) is 29.2 Å². The molecule has 0 unspecified atom stereocenters. The molecule has 1 heterocycles. The average Bonchev–Trinajstić information content (AvgIpc) is 2.95. The Morgan fingerprint density at radius 2 is 1.36 bits per heavy atom. The molecule has 1 N–H and O–H groups in total. The van der Waals surface area contributed by atoms with Gasteiger partial charge in [-0.1, -0.05) is 68.0 Å². The highest BCUT2D eigenvalue weighted by molar-refractivity contribution is 5.98. The normalized spacial score (nSPS) is 13.2. The first-order valence-corrected chi connectivity index (χ1v) is 13.9. The predicted octanol–water partition coefficient (Wildman–Crippen LogP) is 4.71. The fourth-order valence-corrected chi connectivity index (χ4v) is 4.09. The van der Waals surface area contributed by atoms with Crippen LogP contribution in [0.5, 0.6) is 0 Å². The highest BCUT2D eigenvalue weighted by atomic mass is 16.6. The van der Waals surface area contributed by atoms with Gasteiger partial charge in [0.15, 0.2) is 0 Å². The van der Waals surface area contributed by atoms with Gasteiger partial charge in [0.05, 0.1) is 58.5 Å². The number of nitrogens with zero attached hydrogens (tertiary/aromatic N) is 1. The second kappa shape index (κ2) is 18.3. The summed E-state index contributed by atoms with van der Waals surface area (Å²) in [6, 6.07) is 15.9. The van der Waals surface area contributed by atoms with Gasteiger partial charge in [0.25, 0.3) is 0 Å². The highest BCUT2D eigenvalue weighted by Gasteiger charge is 2.21. The molecule has 1 aliphatic heterocycles. The number of rotatable bonds is 18. The molecule has 3 rings (SSSR count). The number of ether oxygens (including phenoxy) is 4. The van der Waals surface area contributed by atoms with Crippen LogP contribution in [0.4, 0.5) is 5.69 Å². The molecule has 0 aliphatic carbocycles. The number of anilines is 1. The number of nitrogens with one attached hydrogen (secondary N) is 1.